The molecule has 1 saturated heterocycles. The molecule has 1 aliphatic rings. The molecule has 1 aromatic carbocycles. The Balaban J connectivity index is 1.95. The van der Waals surface area contributed by atoms with E-state index in [1.54, 1.807) is 0 Å². The lowest BCUT2D eigenvalue weighted by Crippen LogP contribution is -2.38. The smallest absolute Gasteiger partial charge is 0.251 e. The highest BCUT2D eigenvalue weighted by Gasteiger charge is 2.21. The summed E-state index contributed by atoms with van der Waals surface area (Å²) in [4.78, 5) is 14.1. The molecule has 4 nitrogen and oxygen atoms in total. The Morgan fingerprint density at radius 1 is 1.56 bits per heavy atom. The fraction of sp³-hybridized carbons (Fsp3) is 0.462. The third-order valence-corrected chi connectivity index (χ3v) is 3.35. The lowest BCUT2D eigenvalue weighted by molar-refractivity contribution is 0.0943. The van der Waals surface area contributed by atoms with Crippen LogP contribution in [0.5, 0.6) is 0 Å². The number of nitrogen functional groups attached to an aromatic ring is 1. The molecule has 98 valence electrons. The van der Waals surface area contributed by atoms with Gasteiger partial charge in [-0.25, -0.2) is 4.39 Å². The van der Waals surface area contributed by atoms with Gasteiger partial charge in [0, 0.05) is 23.8 Å². The zero-order valence-electron chi connectivity index (χ0n) is 10.4. The predicted molar refractivity (Wildman–Crippen MR) is 68.8 cm³/mol. The molecule has 1 heterocycles. The van der Waals surface area contributed by atoms with Gasteiger partial charge in [-0.1, -0.05) is 0 Å². The highest BCUT2D eigenvalue weighted by Crippen LogP contribution is 2.14. The number of hydrogen-bond donors (Lipinski definition) is 2. The number of nitrogens with zero attached hydrogens (tertiary/aromatic N) is 1. The van der Waals surface area contributed by atoms with Crippen molar-refractivity contribution in [1.82, 2.24) is 10.2 Å². The van der Waals surface area contributed by atoms with E-state index >= 15 is 0 Å². The van der Waals surface area contributed by atoms with Crippen molar-refractivity contribution in [1.29, 1.82) is 0 Å². The van der Waals surface area contributed by atoms with E-state index in [9.17, 15) is 9.18 Å². The van der Waals surface area contributed by atoms with Gasteiger partial charge in [0.25, 0.3) is 5.91 Å². The molecule has 1 fully saturated rings. The van der Waals surface area contributed by atoms with Crippen LogP contribution in [0.25, 0.3) is 0 Å². The van der Waals surface area contributed by atoms with E-state index in [0.717, 1.165) is 19.4 Å². The third kappa shape index (κ3) is 2.98. The van der Waals surface area contributed by atoms with Gasteiger partial charge in [-0.2, -0.15) is 0 Å². The third-order valence-electron chi connectivity index (χ3n) is 3.35. The Morgan fingerprint density at radius 2 is 2.33 bits per heavy atom. The molecule has 0 spiro atoms. The Labute approximate surface area is 106 Å². The molecule has 2 rings (SSSR count). The maximum Gasteiger partial charge on any atom is 0.251 e. The number of carbonyl (C=O) groups is 1. The van der Waals surface area contributed by atoms with Crippen molar-refractivity contribution in [3.05, 3.63) is 29.6 Å². The number of nitrogens with two attached hydrogens (primary N) is 1. The van der Waals surface area contributed by atoms with Gasteiger partial charge >= 0.3 is 0 Å². The van der Waals surface area contributed by atoms with Crippen LogP contribution in [0.15, 0.2) is 18.2 Å². The SMILES string of the molecule is CN1CCCC1CNC(=O)c1cc(N)cc(F)c1. The molecular weight excluding hydrogens is 233 g/mol. The van der Waals surface area contributed by atoms with Crippen LogP contribution < -0.4 is 11.1 Å². The highest BCUT2D eigenvalue weighted by molar-refractivity contribution is 5.95. The first-order valence-corrected chi connectivity index (χ1v) is 6.11. The number of anilines is 1. The van der Waals surface area contributed by atoms with E-state index in [1.807, 2.05) is 7.05 Å². The monoisotopic (exact) mass is 251 g/mol. The molecule has 5 heteroatoms. The Kier molecular flexibility index (Phi) is 3.81. The first kappa shape index (κ1) is 12.8. The molecule has 0 aromatic heterocycles. The van der Waals surface area contributed by atoms with Crippen molar-refractivity contribution >= 4 is 11.6 Å². The summed E-state index contributed by atoms with van der Waals surface area (Å²) in [6, 6.07) is 4.25. The number of halogens is 1. The maximum atomic E-state index is 13.1. The Bertz CT molecular complexity index is 430. The number of rotatable bonds is 3. The van der Waals surface area contributed by atoms with Crippen LogP contribution in [0, 0.1) is 5.82 Å². The minimum atomic E-state index is -0.488. The van der Waals surface area contributed by atoms with E-state index in [-0.39, 0.29) is 17.2 Å². The molecule has 1 aromatic rings. The quantitative estimate of drug-likeness (QED) is 0.794. The summed E-state index contributed by atoms with van der Waals surface area (Å²) in [6.45, 7) is 1.65. The average molecular weight is 251 g/mol. The summed E-state index contributed by atoms with van der Waals surface area (Å²) < 4.78 is 13.1. The fourth-order valence-electron chi connectivity index (χ4n) is 2.29. The van der Waals surface area contributed by atoms with E-state index < -0.39 is 5.82 Å². The molecular formula is C13H18FN3O. The van der Waals surface area contributed by atoms with E-state index in [1.165, 1.54) is 18.2 Å². The summed E-state index contributed by atoms with van der Waals surface area (Å²) >= 11 is 0. The summed E-state index contributed by atoms with van der Waals surface area (Å²) in [6.07, 6.45) is 2.24. The molecule has 0 aliphatic carbocycles. The molecule has 0 radical (unpaired) electrons. The Hall–Kier alpha value is -1.62. The van der Waals surface area contributed by atoms with Crippen LogP contribution >= 0.6 is 0 Å². The number of amides is 1. The standard InChI is InChI=1S/C13H18FN3O/c1-17-4-2-3-12(17)8-16-13(18)9-5-10(14)7-11(15)6-9/h5-7,12H,2-4,8,15H2,1H3,(H,16,18). The van der Waals surface area contributed by atoms with Crippen molar-refractivity contribution in [3.63, 3.8) is 0 Å². The van der Waals surface area contributed by atoms with Gasteiger partial charge in [-0.15, -0.1) is 0 Å². The zero-order valence-corrected chi connectivity index (χ0v) is 10.4. The van der Waals surface area contributed by atoms with Crippen LogP contribution in [-0.2, 0) is 0 Å². The minimum Gasteiger partial charge on any atom is -0.399 e. The number of hydrogen-bond acceptors (Lipinski definition) is 3. The number of benzene rings is 1. The van der Waals surface area contributed by atoms with Crippen molar-refractivity contribution in [2.24, 2.45) is 0 Å². The van der Waals surface area contributed by atoms with E-state index in [4.69, 9.17) is 5.73 Å². The van der Waals surface area contributed by atoms with Gasteiger partial charge in [0.15, 0.2) is 0 Å². The lowest BCUT2D eigenvalue weighted by Gasteiger charge is -2.19. The van der Waals surface area contributed by atoms with Crippen LogP contribution in [0.4, 0.5) is 10.1 Å². The summed E-state index contributed by atoms with van der Waals surface area (Å²) in [5.74, 6) is -0.764. The molecule has 18 heavy (non-hydrogen) atoms. The van der Waals surface area contributed by atoms with Gasteiger partial charge in [0.1, 0.15) is 5.82 Å². The minimum absolute atomic E-state index is 0.262. The first-order chi connectivity index (χ1) is 8.56. The molecule has 0 saturated carbocycles. The number of likely N-dealkylation sites (N-methyl/N-ethyl adjacent to an activating group) is 1. The second-order valence-corrected chi connectivity index (χ2v) is 4.76. The highest BCUT2D eigenvalue weighted by atomic mass is 19.1. The first-order valence-electron chi connectivity index (χ1n) is 6.11. The van der Waals surface area contributed by atoms with Gasteiger partial charge in [0.2, 0.25) is 0 Å². The number of likely N-dealkylation sites (tertiary alicyclic amines) is 1. The van der Waals surface area contributed by atoms with Gasteiger partial charge < -0.3 is 16.0 Å². The van der Waals surface area contributed by atoms with Gasteiger partial charge in [0.05, 0.1) is 0 Å². The maximum absolute atomic E-state index is 13.1. The predicted octanol–water partition coefficient (Wildman–Crippen LogP) is 1.23. The largest absolute Gasteiger partial charge is 0.399 e. The van der Waals surface area contributed by atoms with Crippen molar-refractivity contribution < 1.29 is 9.18 Å². The van der Waals surface area contributed by atoms with Crippen molar-refractivity contribution in [3.8, 4) is 0 Å². The van der Waals surface area contributed by atoms with Crippen molar-refractivity contribution in [2.45, 2.75) is 18.9 Å². The fourth-order valence-corrected chi connectivity index (χ4v) is 2.29. The van der Waals surface area contributed by atoms with Crippen LogP contribution in [0.1, 0.15) is 23.2 Å². The average Bonchev–Trinajstić information content (AvgIpc) is 2.70. The molecule has 1 aliphatic heterocycles. The topological polar surface area (TPSA) is 58.4 Å². The van der Waals surface area contributed by atoms with Crippen LogP contribution in [0.3, 0.4) is 0 Å². The van der Waals surface area contributed by atoms with Gasteiger partial charge in [-0.05, 0) is 44.6 Å². The number of nitrogens with one attached hydrogen (secondary N) is 1. The molecule has 3 N–H and O–H groups in total. The number of carbonyl (C=O) groups excluding carboxylic acids is 1. The van der Waals surface area contributed by atoms with Crippen molar-refractivity contribution in [2.75, 3.05) is 25.9 Å². The summed E-state index contributed by atoms with van der Waals surface area (Å²) in [7, 11) is 2.05. The second-order valence-electron chi connectivity index (χ2n) is 4.76. The normalized spacial score (nSPS) is 20.0. The van der Waals surface area contributed by atoms with Crippen LogP contribution in [-0.4, -0.2) is 37.0 Å². The van der Waals surface area contributed by atoms with E-state index in [2.05, 4.69) is 10.2 Å². The van der Waals surface area contributed by atoms with E-state index in [0.29, 0.717) is 12.6 Å². The Morgan fingerprint density at radius 3 is 2.94 bits per heavy atom. The molecule has 1 amide bonds. The second kappa shape index (κ2) is 5.35. The summed E-state index contributed by atoms with van der Waals surface area (Å²) in [5.41, 5.74) is 6.04. The molecule has 1 unspecified atom stereocenters. The lowest BCUT2D eigenvalue weighted by atomic mass is 10.1. The van der Waals surface area contributed by atoms with Crippen LogP contribution in [0.2, 0.25) is 0 Å². The molecule has 0 bridgehead atoms. The molecule has 1 atom stereocenters. The van der Waals surface area contributed by atoms with Gasteiger partial charge in [-0.3, -0.25) is 4.79 Å². The zero-order chi connectivity index (χ0) is 13.1. The summed E-state index contributed by atoms with van der Waals surface area (Å²) in [5, 5.41) is 2.82.